The minimum Gasteiger partial charge on any atom is -0.393 e. The van der Waals surface area contributed by atoms with E-state index in [0.717, 1.165) is 22.4 Å². The fourth-order valence-corrected chi connectivity index (χ4v) is 9.12. The van der Waals surface area contributed by atoms with Gasteiger partial charge in [0.15, 0.2) is 5.78 Å². The van der Waals surface area contributed by atoms with Gasteiger partial charge in [0.25, 0.3) is 0 Å². The van der Waals surface area contributed by atoms with Crippen LogP contribution in [0.15, 0.2) is 95.9 Å². The molecule has 0 radical (unpaired) electrons. The average molecular weight is 743 g/mol. The second-order valence-corrected chi connectivity index (χ2v) is 16.2. The van der Waals surface area contributed by atoms with Crippen molar-refractivity contribution in [3.63, 3.8) is 0 Å². The molecule has 1 saturated carbocycles. The Hall–Kier alpha value is -3.82. The van der Waals surface area contributed by atoms with Gasteiger partial charge in [0.05, 0.1) is 18.2 Å². The average Bonchev–Trinajstić information content (AvgIpc) is 3.73. The third-order valence-electron chi connectivity index (χ3n) is 11.3. The van der Waals surface area contributed by atoms with Gasteiger partial charge in [0.2, 0.25) is 0 Å². The summed E-state index contributed by atoms with van der Waals surface area (Å²) in [6.45, 7) is 4.72. The molecule has 0 aliphatic heterocycles. The number of benzene rings is 3. The van der Waals surface area contributed by atoms with E-state index in [1.165, 1.54) is 17.7 Å². The molecular formula is C43H48ClFN2O4S. The van der Waals surface area contributed by atoms with Gasteiger partial charge in [-0.1, -0.05) is 72.6 Å². The number of carbonyl (C=O) groups is 2. The summed E-state index contributed by atoms with van der Waals surface area (Å²) >= 11 is 8.03. The number of urea groups is 1. The van der Waals surface area contributed by atoms with Crippen molar-refractivity contribution in [2.24, 2.45) is 5.41 Å². The van der Waals surface area contributed by atoms with Crippen LogP contribution in [0.3, 0.4) is 0 Å². The first-order valence-electron chi connectivity index (χ1n) is 18.2. The van der Waals surface area contributed by atoms with E-state index in [9.17, 15) is 24.2 Å². The number of anilines is 1. The molecule has 2 amide bonds. The summed E-state index contributed by atoms with van der Waals surface area (Å²) in [7, 11) is 0. The normalized spacial score (nSPS) is 23.4. The van der Waals surface area contributed by atoms with Crippen LogP contribution in [0.5, 0.6) is 0 Å². The number of nitrogens with one attached hydrogen (secondary N) is 1. The molecule has 3 aliphatic carbocycles. The molecular weight excluding hydrogens is 695 g/mol. The quantitative estimate of drug-likeness (QED) is 0.118. The van der Waals surface area contributed by atoms with E-state index in [0.29, 0.717) is 62.7 Å². The monoisotopic (exact) mass is 742 g/mol. The van der Waals surface area contributed by atoms with Crippen molar-refractivity contribution in [2.45, 2.75) is 89.3 Å². The molecule has 7 rings (SSSR count). The van der Waals surface area contributed by atoms with Crippen molar-refractivity contribution < 1.29 is 24.2 Å². The number of carbonyl (C=O) groups excluding carboxylic acids is 2. The Kier molecular flexibility index (Phi) is 12.0. The minimum atomic E-state index is -1.29. The van der Waals surface area contributed by atoms with E-state index in [2.05, 4.69) is 31.3 Å². The summed E-state index contributed by atoms with van der Waals surface area (Å²) in [5.74, 6) is -1.03. The number of hydrogen-bond donors (Lipinski definition) is 3. The van der Waals surface area contributed by atoms with Crippen LogP contribution in [0.25, 0.3) is 0 Å². The molecule has 1 aromatic heterocycles. The second-order valence-electron chi connectivity index (χ2n) is 14.8. The second kappa shape index (κ2) is 16.5. The summed E-state index contributed by atoms with van der Waals surface area (Å²) in [6, 6.07) is 23.3. The predicted octanol–water partition coefficient (Wildman–Crippen LogP) is 9.78. The van der Waals surface area contributed by atoms with Gasteiger partial charge >= 0.3 is 6.03 Å². The van der Waals surface area contributed by atoms with E-state index < -0.39 is 22.9 Å². The van der Waals surface area contributed by atoms with Crippen molar-refractivity contribution in [3.05, 3.63) is 134 Å². The Morgan fingerprint density at radius 3 is 2.60 bits per heavy atom. The number of amides is 2. The van der Waals surface area contributed by atoms with Gasteiger partial charge in [-0.05, 0) is 117 Å². The van der Waals surface area contributed by atoms with Crippen LogP contribution in [-0.4, -0.2) is 51.7 Å². The fraction of sp³-hybridized carbons (Fsp3) is 0.395. The number of allylic oxidation sites excluding steroid dienone is 2. The summed E-state index contributed by atoms with van der Waals surface area (Å²) in [5.41, 5.74) is 2.07. The maximum Gasteiger partial charge on any atom is 0.321 e. The van der Waals surface area contributed by atoms with E-state index in [1.807, 2.05) is 60.0 Å². The predicted molar refractivity (Wildman–Crippen MR) is 208 cm³/mol. The molecule has 1 fully saturated rings. The number of fused-ring (bicyclic) bond motifs is 8. The van der Waals surface area contributed by atoms with E-state index in [4.69, 9.17) is 11.6 Å². The number of Topliss-reactive ketones (excluding diaryl/α,β-unsaturated/α-hetero) is 1. The maximum atomic E-state index is 15.0. The van der Waals surface area contributed by atoms with Crippen LogP contribution in [-0.2, 0) is 19.3 Å². The molecule has 52 heavy (non-hydrogen) atoms. The number of aliphatic hydroxyl groups is 2. The van der Waals surface area contributed by atoms with Gasteiger partial charge in [-0.3, -0.25) is 4.79 Å². The van der Waals surface area contributed by atoms with E-state index in [-0.39, 0.29) is 41.3 Å². The van der Waals surface area contributed by atoms with Gasteiger partial charge < -0.3 is 20.4 Å². The molecule has 4 aromatic rings. The summed E-state index contributed by atoms with van der Waals surface area (Å²) < 4.78 is 15.0. The first-order chi connectivity index (χ1) is 25.0. The first-order valence-corrected chi connectivity index (χ1v) is 19.5. The van der Waals surface area contributed by atoms with Gasteiger partial charge in [-0.2, -0.15) is 0 Å². The number of rotatable bonds is 9. The molecule has 0 saturated heterocycles. The van der Waals surface area contributed by atoms with Crippen molar-refractivity contribution >= 4 is 40.4 Å². The lowest BCUT2D eigenvalue weighted by atomic mass is 9.64. The van der Waals surface area contributed by atoms with Crippen molar-refractivity contribution in [3.8, 4) is 0 Å². The molecule has 1 heterocycles. The Morgan fingerprint density at radius 1 is 1.04 bits per heavy atom. The molecule has 3 N–H and O–H groups in total. The molecule has 0 spiro atoms. The highest BCUT2D eigenvalue weighted by Crippen LogP contribution is 2.59. The first kappa shape index (κ1) is 37.9. The molecule has 3 aliphatic rings. The van der Waals surface area contributed by atoms with Crippen molar-refractivity contribution in [1.29, 1.82) is 0 Å². The van der Waals surface area contributed by atoms with E-state index >= 15 is 0 Å². The number of para-hydroxylation sites is 1. The molecule has 274 valence electrons. The zero-order chi connectivity index (χ0) is 36.9. The Morgan fingerprint density at radius 2 is 1.85 bits per heavy atom. The van der Waals surface area contributed by atoms with Crippen LogP contribution >= 0.6 is 22.9 Å². The van der Waals surface area contributed by atoms with E-state index in [1.54, 1.807) is 22.3 Å². The minimum absolute atomic E-state index is 0.116. The number of thiophene rings is 1. The number of hydrogen-bond acceptors (Lipinski definition) is 5. The van der Waals surface area contributed by atoms with Crippen LogP contribution in [0.1, 0.15) is 90.2 Å². The molecule has 3 aromatic carbocycles. The third kappa shape index (κ3) is 8.52. The van der Waals surface area contributed by atoms with Crippen LogP contribution < -0.4 is 5.32 Å². The van der Waals surface area contributed by atoms with Crippen LogP contribution in [0, 0.1) is 11.2 Å². The van der Waals surface area contributed by atoms with Crippen LogP contribution in [0.2, 0.25) is 5.02 Å². The lowest BCUT2D eigenvalue weighted by Crippen LogP contribution is -2.54. The van der Waals surface area contributed by atoms with Crippen molar-refractivity contribution in [1.82, 2.24) is 4.90 Å². The standard InChI is InChI=1S/C43H48ClFN2O4S/c1-29-9-7-21-42(2)37(19-22-43(42,51)28-47(23-20-33-12-8-24-52-33)41(50)46-31-10-4-3-5-11-31)34-18-16-30(25-32(48)17-15-29)26-35(34)40(49)27-36-38(44)13-6-14-39(36)45/h3-6,8-14,16,18,24,26,32,37,48,51H,7,15,17,19-23,25,27-28H2,1-2H3,(H,46,50)/t32-,37-,42-,43+/m0/s1. The Bertz CT molecular complexity index is 1880. The largest absolute Gasteiger partial charge is 0.393 e. The number of halogens is 2. The zero-order valence-corrected chi connectivity index (χ0v) is 31.5. The smallest absolute Gasteiger partial charge is 0.321 e. The summed E-state index contributed by atoms with van der Waals surface area (Å²) in [6.07, 6.45) is 6.09. The lowest BCUT2D eigenvalue weighted by molar-refractivity contribution is -0.0762. The molecule has 4 atom stereocenters. The SMILES string of the molecule is CC1=CCC[C@@]2(C)[C@@H](CC[C@@]2(O)CN(CCc2cccs2)C(=O)Nc2ccccc2)c2ccc(cc2C(=O)Cc2c(F)cccc2Cl)C[C@@H](O)CC1. The van der Waals surface area contributed by atoms with Gasteiger partial charge in [0, 0.05) is 45.1 Å². The highest BCUT2D eigenvalue weighted by atomic mass is 35.5. The highest BCUT2D eigenvalue weighted by Gasteiger charge is 2.57. The Labute approximate surface area is 315 Å². The number of ketones is 1. The molecule has 2 bridgehead atoms. The Balaban J connectivity index is 1.39. The molecule has 0 unspecified atom stereocenters. The van der Waals surface area contributed by atoms with Gasteiger partial charge in [-0.15, -0.1) is 11.3 Å². The zero-order valence-electron chi connectivity index (χ0n) is 29.9. The van der Waals surface area contributed by atoms with Crippen molar-refractivity contribution in [2.75, 3.05) is 18.4 Å². The maximum absolute atomic E-state index is 15.0. The fourth-order valence-electron chi connectivity index (χ4n) is 8.19. The van der Waals surface area contributed by atoms with Crippen LogP contribution in [0.4, 0.5) is 14.9 Å². The third-order valence-corrected chi connectivity index (χ3v) is 12.6. The highest BCUT2D eigenvalue weighted by molar-refractivity contribution is 7.09. The molecule has 9 heteroatoms. The van der Waals surface area contributed by atoms with Gasteiger partial charge in [-0.25, -0.2) is 9.18 Å². The number of aliphatic hydroxyl groups excluding tert-OH is 1. The summed E-state index contributed by atoms with van der Waals surface area (Å²) in [4.78, 5) is 31.1. The molecule has 6 nitrogen and oxygen atoms in total. The lowest BCUT2D eigenvalue weighted by Gasteiger charge is -2.46. The topological polar surface area (TPSA) is 89.9 Å². The number of nitrogens with zero attached hydrogens (tertiary/aromatic N) is 1. The summed E-state index contributed by atoms with van der Waals surface area (Å²) in [5, 5.41) is 29.2. The van der Waals surface area contributed by atoms with Gasteiger partial charge in [0.1, 0.15) is 5.82 Å².